The van der Waals surface area contributed by atoms with Crippen LogP contribution in [-0.4, -0.2) is 13.6 Å². The Morgan fingerprint density at radius 1 is 1.29 bits per heavy atom. The van der Waals surface area contributed by atoms with Crippen molar-refractivity contribution in [3.8, 4) is 0 Å². The standard InChI is InChI=1S/C13H17N/c1-10-9-11-5-3-4-6-13(11)12(10)7-8-14-2/h3-6,9,12,14H,7-8H2,1-2H3. The van der Waals surface area contributed by atoms with Gasteiger partial charge in [0.1, 0.15) is 0 Å². The van der Waals surface area contributed by atoms with Crippen LogP contribution in [0.2, 0.25) is 0 Å². The summed E-state index contributed by atoms with van der Waals surface area (Å²) in [6.45, 7) is 3.32. The summed E-state index contributed by atoms with van der Waals surface area (Å²) in [7, 11) is 2.01. The Morgan fingerprint density at radius 3 is 2.86 bits per heavy atom. The molecule has 0 radical (unpaired) electrons. The third-order valence-corrected chi connectivity index (χ3v) is 2.99. The maximum Gasteiger partial charge on any atom is 0.00667 e. The predicted octanol–water partition coefficient (Wildman–Crippen LogP) is 2.80. The monoisotopic (exact) mass is 187 g/mol. The smallest absolute Gasteiger partial charge is 0.00667 e. The molecule has 1 N–H and O–H groups in total. The van der Waals surface area contributed by atoms with Gasteiger partial charge in [-0.1, -0.05) is 35.9 Å². The maximum absolute atomic E-state index is 3.22. The molecular weight excluding hydrogens is 170 g/mol. The molecule has 1 aliphatic rings. The van der Waals surface area contributed by atoms with Crippen molar-refractivity contribution >= 4 is 6.08 Å². The summed E-state index contributed by atoms with van der Waals surface area (Å²) in [6, 6.07) is 8.71. The second-order valence-corrected chi connectivity index (χ2v) is 3.96. The van der Waals surface area contributed by atoms with Crippen LogP contribution in [0.4, 0.5) is 0 Å². The van der Waals surface area contributed by atoms with Gasteiger partial charge in [0.25, 0.3) is 0 Å². The van der Waals surface area contributed by atoms with Gasteiger partial charge in [0.2, 0.25) is 0 Å². The van der Waals surface area contributed by atoms with E-state index in [1.165, 1.54) is 23.1 Å². The number of hydrogen-bond acceptors (Lipinski definition) is 1. The zero-order valence-corrected chi connectivity index (χ0v) is 8.88. The van der Waals surface area contributed by atoms with Crippen LogP contribution >= 0.6 is 0 Å². The van der Waals surface area contributed by atoms with Crippen LogP contribution in [0.1, 0.15) is 30.4 Å². The Labute approximate surface area is 85.8 Å². The van der Waals surface area contributed by atoms with Gasteiger partial charge in [0.05, 0.1) is 0 Å². The Hall–Kier alpha value is -1.08. The number of benzene rings is 1. The second-order valence-electron chi connectivity index (χ2n) is 3.96. The van der Waals surface area contributed by atoms with Crippen LogP contribution in [0.5, 0.6) is 0 Å². The summed E-state index contributed by atoms with van der Waals surface area (Å²) in [6.07, 6.45) is 3.52. The highest BCUT2D eigenvalue weighted by molar-refractivity contribution is 5.65. The Morgan fingerprint density at radius 2 is 2.07 bits per heavy atom. The van der Waals surface area contributed by atoms with Crippen molar-refractivity contribution in [1.82, 2.24) is 5.32 Å². The van der Waals surface area contributed by atoms with E-state index in [9.17, 15) is 0 Å². The number of nitrogens with one attached hydrogen (secondary N) is 1. The quantitative estimate of drug-likeness (QED) is 0.767. The van der Waals surface area contributed by atoms with E-state index < -0.39 is 0 Å². The molecule has 2 rings (SSSR count). The molecule has 1 atom stereocenters. The van der Waals surface area contributed by atoms with Gasteiger partial charge in [0, 0.05) is 5.92 Å². The van der Waals surface area contributed by atoms with E-state index in [1.54, 1.807) is 0 Å². The van der Waals surface area contributed by atoms with Crippen LogP contribution in [0.15, 0.2) is 29.8 Å². The van der Waals surface area contributed by atoms with Gasteiger partial charge < -0.3 is 5.32 Å². The molecule has 0 heterocycles. The number of allylic oxidation sites excluding steroid dienone is 1. The minimum Gasteiger partial charge on any atom is -0.320 e. The van der Waals surface area contributed by atoms with Gasteiger partial charge in [-0.3, -0.25) is 0 Å². The lowest BCUT2D eigenvalue weighted by Crippen LogP contribution is -2.11. The summed E-state index contributed by atoms with van der Waals surface area (Å²) in [4.78, 5) is 0. The molecule has 1 nitrogen and oxygen atoms in total. The first-order valence-electron chi connectivity index (χ1n) is 5.24. The average molecular weight is 187 g/mol. The minimum absolute atomic E-state index is 0.638. The van der Waals surface area contributed by atoms with E-state index in [0.29, 0.717) is 5.92 Å². The SMILES string of the molecule is CNCCC1C(C)=Cc2ccccc21. The number of rotatable bonds is 3. The van der Waals surface area contributed by atoms with E-state index in [4.69, 9.17) is 0 Å². The highest BCUT2D eigenvalue weighted by atomic mass is 14.8. The molecule has 0 saturated heterocycles. The van der Waals surface area contributed by atoms with Crippen molar-refractivity contribution in [3.63, 3.8) is 0 Å². The fraction of sp³-hybridized carbons (Fsp3) is 0.385. The molecule has 0 saturated carbocycles. The predicted molar refractivity (Wildman–Crippen MR) is 61.4 cm³/mol. The van der Waals surface area contributed by atoms with Crippen LogP contribution < -0.4 is 5.32 Å². The molecule has 1 aromatic rings. The van der Waals surface area contributed by atoms with E-state index in [1.807, 2.05) is 7.05 Å². The van der Waals surface area contributed by atoms with E-state index in [-0.39, 0.29) is 0 Å². The normalized spacial score (nSPS) is 19.3. The third kappa shape index (κ3) is 1.60. The Bertz CT molecular complexity index is 352. The number of fused-ring (bicyclic) bond motifs is 1. The first-order chi connectivity index (χ1) is 6.83. The molecule has 0 spiro atoms. The zero-order valence-electron chi connectivity index (χ0n) is 8.88. The lowest BCUT2D eigenvalue weighted by atomic mass is 9.93. The highest BCUT2D eigenvalue weighted by Crippen LogP contribution is 2.37. The molecule has 0 aliphatic heterocycles. The largest absolute Gasteiger partial charge is 0.320 e. The van der Waals surface area contributed by atoms with Gasteiger partial charge in [-0.05, 0) is 38.1 Å². The van der Waals surface area contributed by atoms with Gasteiger partial charge in [-0.2, -0.15) is 0 Å². The summed E-state index contributed by atoms with van der Waals surface area (Å²) < 4.78 is 0. The van der Waals surface area contributed by atoms with Gasteiger partial charge in [0.15, 0.2) is 0 Å². The number of hydrogen-bond donors (Lipinski definition) is 1. The Balaban J connectivity index is 2.23. The van der Waals surface area contributed by atoms with Crippen LogP contribution in [0.25, 0.3) is 6.08 Å². The highest BCUT2D eigenvalue weighted by Gasteiger charge is 2.20. The third-order valence-electron chi connectivity index (χ3n) is 2.99. The average Bonchev–Trinajstić information content (AvgIpc) is 2.51. The van der Waals surface area contributed by atoms with Crippen LogP contribution in [0.3, 0.4) is 0 Å². The molecule has 0 amide bonds. The molecule has 1 aliphatic carbocycles. The summed E-state index contributed by atoms with van der Waals surface area (Å²) in [5, 5.41) is 3.22. The first-order valence-corrected chi connectivity index (χ1v) is 5.24. The fourth-order valence-corrected chi connectivity index (χ4v) is 2.22. The molecule has 1 unspecified atom stereocenters. The topological polar surface area (TPSA) is 12.0 Å². The molecule has 1 heteroatoms. The molecule has 74 valence electrons. The van der Waals surface area contributed by atoms with Gasteiger partial charge >= 0.3 is 0 Å². The summed E-state index contributed by atoms with van der Waals surface area (Å²) in [5.41, 5.74) is 4.41. The zero-order chi connectivity index (χ0) is 9.97. The van der Waals surface area contributed by atoms with Gasteiger partial charge in [-0.15, -0.1) is 0 Å². The van der Waals surface area contributed by atoms with Gasteiger partial charge in [-0.25, -0.2) is 0 Å². The molecule has 1 aromatic carbocycles. The fourth-order valence-electron chi connectivity index (χ4n) is 2.22. The van der Waals surface area contributed by atoms with Crippen molar-refractivity contribution in [2.24, 2.45) is 0 Å². The van der Waals surface area contributed by atoms with Crippen molar-refractivity contribution in [1.29, 1.82) is 0 Å². The summed E-state index contributed by atoms with van der Waals surface area (Å²) in [5.74, 6) is 0.638. The molecule has 0 bridgehead atoms. The second kappa shape index (κ2) is 3.97. The molecule has 0 fully saturated rings. The minimum atomic E-state index is 0.638. The molecule has 0 aromatic heterocycles. The van der Waals surface area contributed by atoms with E-state index in [0.717, 1.165) is 6.54 Å². The van der Waals surface area contributed by atoms with Crippen molar-refractivity contribution in [2.75, 3.05) is 13.6 Å². The molecular formula is C13H17N. The lowest BCUT2D eigenvalue weighted by Gasteiger charge is -2.13. The first kappa shape index (κ1) is 9.47. The van der Waals surface area contributed by atoms with E-state index >= 15 is 0 Å². The van der Waals surface area contributed by atoms with Crippen molar-refractivity contribution < 1.29 is 0 Å². The van der Waals surface area contributed by atoms with Crippen molar-refractivity contribution in [2.45, 2.75) is 19.3 Å². The van der Waals surface area contributed by atoms with Crippen LogP contribution in [0, 0.1) is 0 Å². The van der Waals surface area contributed by atoms with Crippen LogP contribution in [-0.2, 0) is 0 Å². The lowest BCUT2D eigenvalue weighted by molar-refractivity contribution is 0.661. The summed E-state index contributed by atoms with van der Waals surface area (Å²) >= 11 is 0. The molecule has 14 heavy (non-hydrogen) atoms. The maximum atomic E-state index is 3.22. The van der Waals surface area contributed by atoms with E-state index in [2.05, 4.69) is 42.6 Å². The van der Waals surface area contributed by atoms with Crippen molar-refractivity contribution in [3.05, 3.63) is 41.0 Å². The Kier molecular flexibility index (Phi) is 2.69.